The molecule has 2 unspecified atom stereocenters. The molecule has 0 rings (SSSR count). The maximum absolute atomic E-state index is 12.8. The number of phosphoric acid groups is 1. The van der Waals surface area contributed by atoms with Crippen LogP contribution < -0.4 is 5.73 Å². The molecule has 0 radical (unpaired) electrons. The first-order chi connectivity index (χ1) is 43.8. The van der Waals surface area contributed by atoms with Gasteiger partial charge < -0.3 is 20.1 Å². The SMILES string of the molecule is CC/C=C\C/C=C\C/C=C\C/C=C\C/C=C\C/C=C\C/C=C\C/C=C\C/C=C\C/C=C\CCCCC(=O)OC(COC(=O)CCCCCCCCCCCCCCCCCCCCCCCCCCCCCCCCCCCCC)COP(=O)(O)OCCN. The summed E-state index contributed by atoms with van der Waals surface area (Å²) < 4.78 is 33.1. The highest BCUT2D eigenvalue weighted by molar-refractivity contribution is 7.47. The Hall–Kier alpha value is -3.59. The zero-order chi connectivity index (χ0) is 64.4. The summed E-state index contributed by atoms with van der Waals surface area (Å²) >= 11 is 0. The zero-order valence-electron chi connectivity index (χ0n) is 57.6. The van der Waals surface area contributed by atoms with E-state index in [4.69, 9.17) is 24.3 Å². The van der Waals surface area contributed by atoms with E-state index in [2.05, 4.69) is 135 Å². The first-order valence-electron chi connectivity index (χ1n) is 37.0. The van der Waals surface area contributed by atoms with Crippen LogP contribution in [0.4, 0.5) is 0 Å². The van der Waals surface area contributed by atoms with Crippen molar-refractivity contribution in [1.82, 2.24) is 0 Å². The lowest BCUT2D eigenvalue weighted by Gasteiger charge is -2.19. The number of nitrogens with two attached hydrogens (primary N) is 1. The van der Waals surface area contributed by atoms with Crippen molar-refractivity contribution in [3.05, 3.63) is 122 Å². The van der Waals surface area contributed by atoms with Crippen molar-refractivity contribution in [3.8, 4) is 0 Å². The van der Waals surface area contributed by atoms with Crippen molar-refractivity contribution in [2.75, 3.05) is 26.4 Å². The molecule has 0 saturated heterocycles. The third-order valence-electron chi connectivity index (χ3n) is 15.9. The number of unbranched alkanes of at least 4 members (excludes halogenated alkanes) is 36. The second-order valence-corrected chi connectivity index (χ2v) is 25.9. The number of esters is 2. The molecule has 0 aliphatic carbocycles. The first-order valence-corrected chi connectivity index (χ1v) is 38.5. The fourth-order valence-corrected chi connectivity index (χ4v) is 11.2. The van der Waals surface area contributed by atoms with E-state index in [0.29, 0.717) is 6.42 Å². The van der Waals surface area contributed by atoms with Crippen molar-refractivity contribution in [3.63, 3.8) is 0 Å². The van der Waals surface area contributed by atoms with Gasteiger partial charge in [0.2, 0.25) is 0 Å². The van der Waals surface area contributed by atoms with E-state index in [1.54, 1.807) is 0 Å². The van der Waals surface area contributed by atoms with Crippen LogP contribution in [0.25, 0.3) is 0 Å². The molecule has 2 atom stereocenters. The van der Waals surface area contributed by atoms with Gasteiger partial charge in [-0.25, -0.2) is 4.57 Å². The number of hydrogen-bond acceptors (Lipinski definition) is 8. The van der Waals surface area contributed by atoms with E-state index in [0.717, 1.165) is 96.3 Å². The van der Waals surface area contributed by atoms with Crippen LogP contribution in [0, 0.1) is 0 Å². The summed E-state index contributed by atoms with van der Waals surface area (Å²) in [7, 11) is -4.41. The molecule has 512 valence electrons. The third kappa shape index (κ3) is 73.3. The molecule has 3 N–H and O–H groups in total. The van der Waals surface area contributed by atoms with E-state index in [1.807, 2.05) is 0 Å². The van der Waals surface area contributed by atoms with E-state index < -0.39 is 32.5 Å². The highest BCUT2D eigenvalue weighted by Crippen LogP contribution is 2.43. The monoisotopic (exact) mass is 1260 g/mol. The number of carbonyl (C=O) groups excluding carboxylic acids is 2. The number of allylic oxidation sites excluding steroid dienone is 20. The predicted molar refractivity (Wildman–Crippen MR) is 385 cm³/mol. The molecule has 0 aromatic rings. The average Bonchev–Trinajstić information content (AvgIpc) is 3.58. The van der Waals surface area contributed by atoms with Crippen molar-refractivity contribution in [1.29, 1.82) is 0 Å². The second kappa shape index (κ2) is 73.5. The lowest BCUT2D eigenvalue weighted by molar-refractivity contribution is -0.161. The molecule has 0 aliphatic rings. The molecule has 0 saturated carbocycles. The summed E-state index contributed by atoms with van der Waals surface area (Å²) in [6, 6.07) is 0. The molecule has 0 spiro atoms. The number of phosphoric ester groups is 1. The van der Waals surface area contributed by atoms with Crippen LogP contribution in [0.1, 0.15) is 335 Å². The molecular formula is C79H138NO8P. The molecule has 10 heteroatoms. The van der Waals surface area contributed by atoms with Gasteiger partial charge in [-0.1, -0.05) is 354 Å². The summed E-state index contributed by atoms with van der Waals surface area (Å²) in [6.45, 7) is 3.61. The fourth-order valence-electron chi connectivity index (χ4n) is 10.4. The zero-order valence-corrected chi connectivity index (χ0v) is 58.5. The smallest absolute Gasteiger partial charge is 0.462 e. The molecule has 0 bridgehead atoms. The third-order valence-corrected chi connectivity index (χ3v) is 16.8. The Morgan fingerprint density at radius 3 is 0.921 bits per heavy atom. The van der Waals surface area contributed by atoms with Gasteiger partial charge >= 0.3 is 19.8 Å². The van der Waals surface area contributed by atoms with Crippen LogP contribution in [-0.4, -0.2) is 49.3 Å². The van der Waals surface area contributed by atoms with E-state index in [-0.39, 0.29) is 32.6 Å². The number of carbonyl (C=O) groups is 2. The maximum Gasteiger partial charge on any atom is 0.472 e. The summed E-state index contributed by atoms with van der Waals surface area (Å²) in [5, 5.41) is 0. The molecular weight excluding hydrogens is 1120 g/mol. The van der Waals surface area contributed by atoms with Gasteiger partial charge in [-0.15, -0.1) is 0 Å². The van der Waals surface area contributed by atoms with Crippen LogP contribution in [-0.2, 0) is 32.7 Å². The Bertz CT molecular complexity index is 1880. The fraction of sp³-hybridized carbons (Fsp3) is 0.722. The van der Waals surface area contributed by atoms with Crippen LogP contribution in [0.2, 0.25) is 0 Å². The second-order valence-electron chi connectivity index (χ2n) is 24.4. The van der Waals surface area contributed by atoms with Crippen molar-refractivity contribution >= 4 is 19.8 Å². The largest absolute Gasteiger partial charge is 0.472 e. The highest BCUT2D eigenvalue weighted by Gasteiger charge is 2.26. The van der Waals surface area contributed by atoms with Crippen LogP contribution in [0.5, 0.6) is 0 Å². The molecule has 0 aromatic carbocycles. The Balaban J connectivity index is 3.93. The van der Waals surface area contributed by atoms with Crippen molar-refractivity contribution in [2.45, 2.75) is 341 Å². The van der Waals surface area contributed by atoms with E-state index in [9.17, 15) is 19.0 Å². The molecule has 0 fully saturated rings. The Labute approximate surface area is 549 Å². The van der Waals surface area contributed by atoms with E-state index in [1.165, 1.54) is 205 Å². The van der Waals surface area contributed by atoms with E-state index >= 15 is 0 Å². The van der Waals surface area contributed by atoms with Crippen molar-refractivity contribution < 1.29 is 37.6 Å². The van der Waals surface area contributed by atoms with Gasteiger partial charge in [0, 0.05) is 19.4 Å². The van der Waals surface area contributed by atoms with Crippen LogP contribution >= 0.6 is 7.82 Å². The van der Waals surface area contributed by atoms with Gasteiger partial charge in [0.25, 0.3) is 0 Å². The number of hydrogen-bond donors (Lipinski definition) is 2. The van der Waals surface area contributed by atoms with Gasteiger partial charge in [-0.05, 0) is 89.9 Å². The summed E-state index contributed by atoms with van der Waals surface area (Å²) in [5.74, 6) is -0.874. The Morgan fingerprint density at radius 1 is 0.348 bits per heavy atom. The lowest BCUT2D eigenvalue weighted by Crippen LogP contribution is -2.29. The standard InChI is InChI=1S/C79H138NO8P/c1-3-5-7-9-11-13-15-17-19-21-23-25-27-29-31-33-35-37-38-40-41-43-45-47-49-51-53-55-57-59-61-63-65-67-69-71-78(81)85-75-77(76-87-89(83,84)86-74-73-80)88-79(82)72-70-68-66-64-62-60-58-56-54-52-50-48-46-44-42-39-36-34-32-30-28-26-24-22-20-18-16-14-12-10-8-6-4-2/h6,8,12,14,18,20,24,26,30,32,36,39,44,46,50,52,56,58,62,64,77H,3-5,7,9-11,13,15-17,19,21-23,25,27-29,31,33-35,37-38,40-43,45,47-49,51,53-55,57,59-61,63,65-76,80H2,1-2H3,(H,83,84)/b8-6-,14-12-,20-18-,26-24-,32-30-,39-36-,46-44-,52-50-,58-56-,64-62-. The minimum absolute atomic E-state index is 0.0412. The van der Waals surface area contributed by atoms with Gasteiger partial charge in [-0.3, -0.25) is 18.6 Å². The Morgan fingerprint density at radius 2 is 0.618 bits per heavy atom. The highest BCUT2D eigenvalue weighted by atomic mass is 31.2. The lowest BCUT2D eigenvalue weighted by atomic mass is 10.0. The van der Waals surface area contributed by atoms with Crippen LogP contribution in [0.15, 0.2) is 122 Å². The molecule has 0 aliphatic heterocycles. The number of rotatable bonds is 69. The summed E-state index contributed by atoms with van der Waals surface area (Å²) in [6.07, 6.45) is 103. The van der Waals surface area contributed by atoms with Crippen LogP contribution in [0.3, 0.4) is 0 Å². The van der Waals surface area contributed by atoms with Gasteiger partial charge in [0.05, 0.1) is 13.2 Å². The maximum atomic E-state index is 12.8. The quantitative estimate of drug-likeness (QED) is 0.0264. The van der Waals surface area contributed by atoms with Gasteiger partial charge in [0.15, 0.2) is 6.10 Å². The summed E-state index contributed by atoms with van der Waals surface area (Å²) in [5.41, 5.74) is 5.40. The average molecular weight is 1260 g/mol. The predicted octanol–water partition coefficient (Wildman–Crippen LogP) is 24.6. The Kier molecular flexibility index (Phi) is 70.5. The minimum atomic E-state index is -4.41. The molecule has 0 heterocycles. The molecule has 89 heavy (non-hydrogen) atoms. The van der Waals surface area contributed by atoms with Gasteiger partial charge in [-0.2, -0.15) is 0 Å². The molecule has 0 amide bonds. The number of ether oxygens (including phenoxy) is 2. The summed E-state index contributed by atoms with van der Waals surface area (Å²) in [4.78, 5) is 35.4. The normalized spacial score (nSPS) is 13.6. The van der Waals surface area contributed by atoms with Gasteiger partial charge in [0.1, 0.15) is 6.61 Å². The molecule has 0 aromatic heterocycles. The topological polar surface area (TPSA) is 134 Å². The van der Waals surface area contributed by atoms with Crippen molar-refractivity contribution in [2.24, 2.45) is 5.73 Å². The first kappa shape index (κ1) is 85.4. The molecule has 9 nitrogen and oxygen atoms in total. The minimum Gasteiger partial charge on any atom is -0.462 e.